The number of nitrogens with one attached hydrogen (secondary N) is 1. The van der Waals surface area contributed by atoms with E-state index >= 15 is 0 Å². The Morgan fingerprint density at radius 3 is 2.43 bits per heavy atom. The number of hydrogen-bond donors (Lipinski definition) is 1. The van der Waals surface area contributed by atoms with Crippen LogP contribution in [0.3, 0.4) is 0 Å². The molecule has 0 unspecified atom stereocenters. The summed E-state index contributed by atoms with van der Waals surface area (Å²) in [5.74, 6) is 0.353. The van der Waals surface area contributed by atoms with E-state index in [0.29, 0.717) is 24.4 Å². The van der Waals surface area contributed by atoms with Gasteiger partial charge in [0.25, 0.3) is 0 Å². The van der Waals surface area contributed by atoms with Gasteiger partial charge >= 0.3 is 0 Å². The van der Waals surface area contributed by atoms with Crippen LogP contribution in [-0.2, 0) is 14.8 Å². The molecule has 0 spiro atoms. The monoisotopic (exact) mass is 335 g/mol. The molecule has 126 valence electrons. The zero-order valence-corrected chi connectivity index (χ0v) is 15.1. The average Bonchev–Trinajstić information content (AvgIpc) is 2.76. The standard InChI is InChI=1S/C18H25NO3S/c1-12-5-6-15(9-13(12)2)19-23(21,22)11-18-8-7-14(10-16(18)20)17(18,3)4/h5-6,9,14,19H,7-8,10-11H2,1-4H3/t14-,18+/m0/s1. The van der Waals surface area contributed by atoms with E-state index in [0.717, 1.165) is 17.5 Å². The summed E-state index contributed by atoms with van der Waals surface area (Å²) >= 11 is 0. The highest BCUT2D eigenvalue weighted by atomic mass is 32.2. The molecule has 2 atom stereocenters. The maximum Gasteiger partial charge on any atom is 0.233 e. The second-order valence-corrected chi connectivity index (χ2v) is 9.55. The van der Waals surface area contributed by atoms with Gasteiger partial charge in [-0.1, -0.05) is 19.9 Å². The Hall–Kier alpha value is -1.36. The van der Waals surface area contributed by atoms with Crippen LogP contribution in [0.1, 0.15) is 44.2 Å². The maximum absolute atomic E-state index is 12.7. The quantitative estimate of drug-likeness (QED) is 0.917. The van der Waals surface area contributed by atoms with E-state index in [-0.39, 0.29) is 17.0 Å². The Labute approximate surface area is 138 Å². The number of carbonyl (C=O) groups excluding carboxylic acids is 1. The van der Waals surface area contributed by atoms with E-state index < -0.39 is 15.4 Å². The van der Waals surface area contributed by atoms with Crippen LogP contribution in [0.5, 0.6) is 0 Å². The Bertz CT molecular complexity index is 766. The van der Waals surface area contributed by atoms with Gasteiger partial charge in [-0.2, -0.15) is 0 Å². The van der Waals surface area contributed by atoms with Crippen molar-refractivity contribution in [3.05, 3.63) is 29.3 Å². The van der Waals surface area contributed by atoms with Crippen LogP contribution in [0.25, 0.3) is 0 Å². The van der Waals surface area contributed by atoms with Gasteiger partial charge in [0.1, 0.15) is 5.78 Å². The summed E-state index contributed by atoms with van der Waals surface area (Å²) in [6.45, 7) is 8.06. The molecule has 0 heterocycles. The van der Waals surface area contributed by atoms with Gasteiger partial charge in [0.2, 0.25) is 10.0 Å². The van der Waals surface area contributed by atoms with Crippen LogP contribution in [0.2, 0.25) is 0 Å². The predicted octanol–water partition coefficient (Wildman–Crippen LogP) is 3.44. The van der Waals surface area contributed by atoms with Crippen molar-refractivity contribution < 1.29 is 13.2 Å². The second kappa shape index (κ2) is 5.07. The molecule has 1 aromatic carbocycles. The zero-order valence-electron chi connectivity index (χ0n) is 14.3. The number of aryl methyl sites for hydroxylation is 2. The summed E-state index contributed by atoms with van der Waals surface area (Å²) in [5, 5.41) is 0. The SMILES string of the molecule is Cc1ccc(NS(=O)(=O)C[C@]23CC[C@@H](CC2=O)C3(C)C)cc1C. The van der Waals surface area contributed by atoms with Crippen molar-refractivity contribution >= 4 is 21.5 Å². The van der Waals surface area contributed by atoms with E-state index in [2.05, 4.69) is 18.6 Å². The minimum absolute atomic E-state index is 0.102. The minimum atomic E-state index is -3.57. The van der Waals surface area contributed by atoms with Crippen molar-refractivity contribution in [3.63, 3.8) is 0 Å². The van der Waals surface area contributed by atoms with Crippen LogP contribution in [-0.4, -0.2) is 20.0 Å². The second-order valence-electron chi connectivity index (χ2n) is 7.83. The van der Waals surface area contributed by atoms with E-state index in [4.69, 9.17) is 0 Å². The first-order valence-electron chi connectivity index (χ1n) is 8.18. The lowest BCUT2D eigenvalue weighted by atomic mass is 9.70. The number of anilines is 1. The average molecular weight is 335 g/mol. The summed E-state index contributed by atoms with van der Waals surface area (Å²) in [7, 11) is -3.57. The molecule has 2 aliphatic carbocycles. The molecule has 5 heteroatoms. The highest BCUT2D eigenvalue weighted by Gasteiger charge is 2.65. The lowest BCUT2D eigenvalue weighted by Crippen LogP contribution is -2.43. The predicted molar refractivity (Wildman–Crippen MR) is 91.9 cm³/mol. The fraction of sp³-hybridized carbons (Fsp3) is 0.611. The van der Waals surface area contributed by atoms with Gasteiger partial charge in [-0.3, -0.25) is 9.52 Å². The fourth-order valence-corrected chi connectivity index (χ4v) is 6.34. The van der Waals surface area contributed by atoms with Gasteiger partial charge in [0.15, 0.2) is 0 Å². The third-order valence-electron chi connectivity index (χ3n) is 6.36. The fourth-order valence-electron chi connectivity index (χ4n) is 4.45. The molecule has 0 aromatic heterocycles. The molecule has 1 N–H and O–H groups in total. The molecule has 2 bridgehead atoms. The van der Waals surface area contributed by atoms with Gasteiger partial charge in [-0.05, 0) is 61.3 Å². The van der Waals surface area contributed by atoms with Crippen LogP contribution in [0, 0.1) is 30.6 Å². The highest BCUT2D eigenvalue weighted by Crippen LogP contribution is 2.64. The smallest absolute Gasteiger partial charge is 0.233 e. The number of fused-ring (bicyclic) bond motifs is 2. The van der Waals surface area contributed by atoms with Gasteiger partial charge in [-0.15, -0.1) is 0 Å². The van der Waals surface area contributed by atoms with Crippen LogP contribution in [0.15, 0.2) is 18.2 Å². The molecule has 3 rings (SSSR count). The molecule has 0 aliphatic heterocycles. The molecule has 23 heavy (non-hydrogen) atoms. The molecular formula is C18H25NO3S. The highest BCUT2D eigenvalue weighted by molar-refractivity contribution is 7.92. The number of carbonyl (C=O) groups is 1. The van der Waals surface area contributed by atoms with Crippen molar-refractivity contribution in [1.82, 2.24) is 0 Å². The topological polar surface area (TPSA) is 63.2 Å². The summed E-state index contributed by atoms with van der Waals surface area (Å²) in [6.07, 6.45) is 2.18. The molecular weight excluding hydrogens is 310 g/mol. The lowest BCUT2D eigenvalue weighted by molar-refractivity contribution is -0.128. The van der Waals surface area contributed by atoms with Crippen molar-refractivity contribution in [3.8, 4) is 0 Å². The summed E-state index contributed by atoms with van der Waals surface area (Å²) in [5.41, 5.74) is 1.78. The third-order valence-corrected chi connectivity index (χ3v) is 7.78. The number of ketones is 1. The van der Waals surface area contributed by atoms with Crippen molar-refractivity contribution in [1.29, 1.82) is 0 Å². The molecule has 2 fully saturated rings. The number of hydrogen-bond acceptors (Lipinski definition) is 3. The van der Waals surface area contributed by atoms with E-state index in [1.165, 1.54) is 0 Å². The summed E-state index contributed by atoms with van der Waals surface area (Å²) < 4.78 is 28.1. The first kappa shape index (κ1) is 16.5. The number of Topliss-reactive ketones (excluding diaryl/α,β-unsaturated/α-hetero) is 1. The van der Waals surface area contributed by atoms with Crippen LogP contribution >= 0.6 is 0 Å². The van der Waals surface area contributed by atoms with Gasteiger partial charge in [0, 0.05) is 12.1 Å². The van der Waals surface area contributed by atoms with E-state index in [1.54, 1.807) is 6.07 Å². The molecule has 0 radical (unpaired) electrons. The number of benzene rings is 1. The van der Waals surface area contributed by atoms with Crippen molar-refractivity contribution in [2.45, 2.75) is 47.0 Å². The van der Waals surface area contributed by atoms with Gasteiger partial charge in [-0.25, -0.2) is 8.42 Å². The Morgan fingerprint density at radius 1 is 1.22 bits per heavy atom. The molecule has 0 saturated heterocycles. The lowest BCUT2D eigenvalue weighted by Gasteiger charge is -2.36. The van der Waals surface area contributed by atoms with Crippen molar-refractivity contribution in [2.75, 3.05) is 10.5 Å². The number of sulfonamides is 1. The normalized spacial score (nSPS) is 29.0. The zero-order chi connectivity index (χ0) is 17.0. The minimum Gasteiger partial charge on any atom is -0.299 e. The van der Waals surface area contributed by atoms with E-state index in [1.807, 2.05) is 26.0 Å². The molecule has 1 aromatic rings. The molecule has 2 saturated carbocycles. The Kier molecular flexibility index (Phi) is 3.63. The molecule has 0 amide bonds. The van der Waals surface area contributed by atoms with Crippen LogP contribution < -0.4 is 4.72 Å². The Balaban J connectivity index is 1.86. The first-order valence-corrected chi connectivity index (χ1v) is 9.84. The van der Waals surface area contributed by atoms with Gasteiger partial charge in [0.05, 0.1) is 11.2 Å². The molecule has 2 aliphatic rings. The van der Waals surface area contributed by atoms with E-state index in [9.17, 15) is 13.2 Å². The van der Waals surface area contributed by atoms with Crippen LogP contribution in [0.4, 0.5) is 5.69 Å². The van der Waals surface area contributed by atoms with Crippen molar-refractivity contribution in [2.24, 2.45) is 16.7 Å². The third kappa shape index (κ3) is 2.49. The summed E-state index contributed by atoms with van der Waals surface area (Å²) in [4.78, 5) is 12.5. The maximum atomic E-state index is 12.7. The van der Waals surface area contributed by atoms with Gasteiger partial charge < -0.3 is 0 Å². The summed E-state index contributed by atoms with van der Waals surface area (Å²) in [6, 6.07) is 5.52. The number of rotatable bonds is 4. The Morgan fingerprint density at radius 2 is 1.91 bits per heavy atom. The molecule has 4 nitrogen and oxygen atoms in total. The largest absolute Gasteiger partial charge is 0.299 e. The first-order chi connectivity index (χ1) is 10.6.